The molecule has 0 aliphatic carbocycles. The first-order valence-corrected chi connectivity index (χ1v) is 9.15. The van der Waals surface area contributed by atoms with Gasteiger partial charge in [0.1, 0.15) is 12.2 Å². The fraction of sp³-hybridized carbons (Fsp3) is 0.500. The van der Waals surface area contributed by atoms with Crippen LogP contribution in [0.3, 0.4) is 0 Å². The summed E-state index contributed by atoms with van der Waals surface area (Å²) in [7, 11) is 3.55. The zero-order valence-corrected chi connectivity index (χ0v) is 15.3. The number of nitrogens with one attached hydrogen (secondary N) is 2. The fourth-order valence-electron chi connectivity index (χ4n) is 2.77. The Balaban J connectivity index is 1.41. The second-order valence-electron chi connectivity index (χ2n) is 5.84. The Labute approximate surface area is 151 Å². The molecule has 0 bridgehead atoms. The van der Waals surface area contributed by atoms with Crippen molar-refractivity contribution in [3.8, 4) is 0 Å². The van der Waals surface area contributed by atoms with Crippen LogP contribution in [0.25, 0.3) is 0 Å². The van der Waals surface area contributed by atoms with Crippen molar-refractivity contribution in [3.05, 3.63) is 34.0 Å². The molecule has 0 unspecified atom stereocenters. The highest BCUT2D eigenvalue weighted by molar-refractivity contribution is 7.10. The number of carbonyl (C=O) groups is 1. The molecule has 0 radical (unpaired) electrons. The molecule has 0 spiro atoms. The Hall–Kier alpha value is -2.42. The van der Waals surface area contributed by atoms with E-state index in [0.29, 0.717) is 25.5 Å². The van der Waals surface area contributed by atoms with Crippen molar-refractivity contribution in [3.63, 3.8) is 0 Å². The van der Waals surface area contributed by atoms with E-state index in [4.69, 9.17) is 0 Å². The molecule has 0 fully saturated rings. The molecule has 134 valence electrons. The number of aromatic nitrogens is 3. The number of aliphatic imine (C=N–C) groups is 1. The maximum absolute atomic E-state index is 12.4. The highest BCUT2D eigenvalue weighted by atomic mass is 32.1. The van der Waals surface area contributed by atoms with Gasteiger partial charge < -0.3 is 15.5 Å². The molecule has 0 saturated carbocycles. The van der Waals surface area contributed by atoms with Crippen LogP contribution in [0.2, 0.25) is 0 Å². The maximum atomic E-state index is 12.4. The van der Waals surface area contributed by atoms with Crippen molar-refractivity contribution in [2.75, 3.05) is 20.1 Å². The van der Waals surface area contributed by atoms with E-state index in [2.05, 4.69) is 37.2 Å². The van der Waals surface area contributed by atoms with Crippen LogP contribution in [0.1, 0.15) is 22.7 Å². The van der Waals surface area contributed by atoms with Gasteiger partial charge in [0.15, 0.2) is 5.96 Å². The predicted octanol–water partition coefficient (Wildman–Crippen LogP) is 0.517. The van der Waals surface area contributed by atoms with Gasteiger partial charge >= 0.3 is 0 Å². The topological polar surface area (TPSA) is 87.4 Å². The van der Waals surface area contributed by atoms with Crippen LogP contribution in [-0.2, 0) is 31.4 Å². The van der Waals surface area contributed by atoms with E-state index in [9.17, 15) is 4.79 Å². The molecule has 1 amide bonds. The summed E-state index contributed by atoms with van der Waals surface area (Å²) in [5, 5.41) is 12.5. The summed E-state index contributed by atoms with van der Waals surface area (Å²) in [5.41, 5.74) is 1.29. The Morgan fingerprint density at radius 1 is 1.44 bits per heavy atom. The van der Waals surface area contributed by atoms with E-state index in [1.165, 1.54) is 16.8 Å². The SMILES string of the molecule is CN=C(NCCC(=O)N1CCc2sccc2C1)NCc1ncnn1C. The maximum Gasteiger partial charge on any atom is 0.224 e. The van der Waals surface area contributed by atoms with Crippen molar-refractivity contribution in [1.82, 2.24) is 30.3 Å². The van der Waals surface area contributed by atoms with E-state index in [1.54, 1.807) is 23.1 Å². The van der Waals surface area contributed by atoms with Crippen LogP contribution in [0.5, 0.6) is 0 Å². The number of carbonyl (C=O) groups excluding carboxylic acids is 1. The average Bonchev–Trinajstić information content (AvgIpc) is 3.25. The van der Waals surface area contributed by atoms with Gasteiger partial charge in [0, 0.05) is 45.0 Å². The number of nitrogens with zero attached hydrogens (tertiary/aromatic N) is 5. The molecule has 2 aromatic rings. The third kappa shape index (κ3) is 4.36. The highest BCUT2D eigenvalue weighted by Crippen LogP contribution is 2.24. The van der Waals surface area contributed by atoms with E-state index >= 15 is 0 Å². The number of fused-ring (bicyclic) bond motifs is 1. The van der Waals surface area contributed by atoms with Gasteiger partial charge in [0.05, 0.1) is 6.54 Å². The molecular weight excluding hydrogens is 338 g/mol. The molecule has 25 heavy (non-hydrogen) atoms. The first-order valence-electron chi connectivity index (χ1n) is 8.27. The van der Waals surface area contributed by atoms with Crippen LogP contribution >= 0.6 is 11.3 Å². The molecule has 1 aliphatic heterocycles. The minimum atomic E-state index is 0.174. The summed E-state index contributed by atoms with van der Waals surface area (Å²) in [4.78, 5) is 24.1. The molecule has 2 N–H and O–H groups in total. The minimum Gasteiger partial charge on any atom is -0.356 e. The monoisotopic (exact) mass is 361 g/mol. The number of aryl methyl sites for hydroxylation is 1. The Morgan fingerprint density at radius 3 is 3.08 bits per heavy atom. The third-order valence-corrected chi connectivity index (χ3v) is 5.26. The predicted molar refractivity (Wildman–Crippen MR) is 97.3 cm³/mol. The summed E-state index contributed by atoms with van der Waals surface area (Å²) >= 11 is 1.78. The fourth-order valence-corrected chi connectivity index (χ4v) is 3.66. The lowest BCUT2D eigenvalue weighted by Gasteiger charge is -2.27. The summed E-state index contributed by atoms with van der Waals surface area (Å²) in [6, 6.07) is 2.12. The van der Waals surface area contributed by atoms with Gasteiger partial charge in [-0.1, -0.05) is 0 Å². The number of rotatable bonds is 5. The lowest BCUT2D eigenvalue weighted by atomic mass is 10.1. The number of guanidine groups is 1. The molecule has 8 nitrogen and oxygen atoms in total. The largest absolute Gasteiger partial charge is 0.356 e. The molecule has 3 heterocycles. The quantitative estimate of drug-likeness (QED) is 0.599. The van der Waals surface area contributed by atoms with E-state index in [0.717, 1.165) is 25.3 Å². The number of thiophene rings is 1. The van der Waals surface area contributed by atoms with Gasteiger partial charge in [-0.25, -0.2) is 4.98 Å². The van der Waals surface area contributed by atoms with E-state index in [1.807, 2.05) is 11.9 Å². The van der Waals surface area contributed by atoms with Gasteiger partial charge in [0.2, 0.25) is 5.91 Å². The molecule has 9 heteroatoms. The van der Waals surface area contributed by atoms with Crippen molar-refractivity contribution in [1.29, 1.82) is 0 Å². The minimum absolute atomic E-state index is 0.174. The molecule has 0 saturated heterocycles. The first-order chi connectivity index (χ1) is 12.2. The highest BCUT2D eigenvalue weighted by Gasteiger charge is 2.20. The van der Waals surface area contributed by atoms with Crippen LogP contribution < -0.4 is 10.6 Å². The summed E-state index contributed by atoms with van der Waals surface area (Å²) in [6.45, 7) is 2.61. The second-order valence-corrected chi connectivity index (χ2v) is 6.84. The molecular formula is C16H23N7OS. The third-order valence-electron chi connectivity index (χ3n) is 4.23. The summed E-state index contributed by atoms with van der Waals surface area (Å²) in [5.74, 6) is 1.64. The summed E-state index contributed by atoms with van der Waals surface area (Å²) in [6.07, 6.45) is 2.93. The van der Waals surface area contributed by atoms with Gasteiger partial charge in [0.25, 0.3) is 0 Å². The smallest absolute Gasteiger partial charge is 0.224 e. The standard InChI is InChI=1S/C16H23N7OS/c1-17-16(19-9-14-20-11-21-22(14)2)18-6-3-15(24)23-7-4-13-12(10-23)5-8-25-13/h5,8,11H,3-4,6-7,9-10H2,1-2H3,(H2,17,18,19). The van der Waals surface area contributed by atoms with Crippen molar-refractivity contribution in [2.45, 2.75) is 25.9 Å². The molecule has 2 aromatic heterocycles. The Kier molecular flexibility index (Phi) is 5.64. The van der Waals surface area contributed by atoms with Gasteiger partial charge in [-0.3, -0.25) is 14.5 Å². The zero-order valence-electron chi connectivity index (χ0n) is 14.5. The number of amides is 1. The van der Waals surface area contributed by atoms with Crippen LogP contribution in [0.15, 0.2) is 22.8 Å². The molecule has 1 aliphatic rings. The normalized spacial score (nSPS) is 14.3. The first kappa shape index (κ1) is 17.4. The van der Waals surface area contributed by atoms with E-state index in [-0.39, 0.29) is 5.91 Å². The van der Waals surface area contributed by atoms with Gasteiger partial charge in [-0.2, -0.15) is 5.10 Å². The summed E-state index contributed by atoms with van der Waals surface area (Å²) < 4.78 is 1.71. The lowest BCUT2D eigenvalue weighted by molar-refractivity contribution is -0.131. The molecule has 3 rings (SSSR count). The Bertz CT molecular complexity index is 751. The number of hydrogen-bond acceptors (Lipinski definition) is 5. The van der Waals surface area contributed by atoms with Crippen LogP contribution in [-0.4, -0.2) is 51.7 Å². The van der Waals surface area contributed by atoms with Crippen LogP contribution in [0.4, 0.5) is 0 Å². The number of hydrogen-bond donors (Lipinski definition) is 2. The second kappa shape index (κ2) is 8.11. The lowest BCUT2D eigenvalue weighted by Crippen LogP contribution is -2.41. The van der Waals surface area contributed by atoms with Gasteiger partial charge in [-0.05, 0) is 23.4 Å². The van der Waals surface area contributed by atoms with Crippen molar-refractivity contribution in [2.24, 2.45) is 12.0 Å². The average molecular weight is 361 g/mol. The van der Waals surface area contributed by atoms with E-state index < -0.39 is 0 Å². The molecule has 0 atom stereocenters. The zero-order chi connectivity index (χ0) is 17.6. The van der Waals surface area contributed by atoms with Gasteiger partial charge in [-0.15, -0.1) is 11.3 Å². The molecule has 0 aromatic carbocycles. The van der Waals surface area contributed by atoms with Crippen molar-refractivity contribution >= 4 is 23.2 Å². The van der Waals surface area contributed by atoms with Crippen LogP contribution in [0, 0.1) is 0 Å². The Morgan fingerprint density at radius 2 is 2.32 bits per heavy atom. The van der Waals surface area contributed by atoms with Crippen molar-refractivity contribution < 1.29 is 4.79 Å².